The molecule has 0 bridgehead atoms. The molecule has 0 aromatic heterocycles. The number of nitrogens with zero attached hydrogens (tertiary/aromatic N) is 2. The lowest BCUT2D eigenvalue weighted by molar-refractivity contribution is -0.384. The van der Waals surface area contributed by atoms with Crippen molar-refractivity contribution >= 4 is 32.8 Å². The van der Waals surface area contributed by atoms with Crippen LogP contribution in [0.4, 0.5) is 17.1 Å². The predicted molar refractivity (Wildman–Crippen MR) is 128 cm³/mol. The number of nitrogens with one attached hydrogen (secondary N) is 2. The molecule has 0 spiro atoms. The number of hydrogen-bond acceptors (Lipinski definition) is 8. The van der Waals surface area contributed by atoms with E-state index in [1.807, 2.05) is 13.0 Å². The second-order valence-corrected chi connectivity index (χ2v) is 9.42. The minimum absolute atomic E-state index is 0.0514. The fraction of sp³-hybridized carbons (Fsp3) is 0.174. The van der Waals surface area contributed by atoms with Gasteiger partial charge in [-0.05, 0) is 62.7 Å². The van der Waals surface area contributed by atoms with Crippen LogP contribution in [0.25, 0.3) is 0 Å². The molecule has 0 radical (unpaired) electrons. The van der Waals surface area contributed by atoms with Crippen molar-refractivity contribution in [1.82, 2.24) is 0 Å². The van der Waals surface area contributed by atoms with Crippen LogP contribution in [-0.4, -0.2) is 25.8 Å². The Hall–Kier alpha value is -4.12. The number of rotatable bonds is 7. The number of hydrazone groups is 1. The van der Waals surface area contributed by atoms with Crippen molar-refractivity contribution in [1.29, 1.82) is 0 Å². The average Bonchev–Trinajstić information content (AvgIpc) is 3.27. The summed E-state index contributed by atoms with van der Waals surface area (Å²) >= 11 is 0. The van der Waals surface area contributed by atoms with Crippen molar-refractivity contribution in [2.75, 3.05) is 16.9 Å². The minimum atomic E-state index is -4.05. The minimum Gasteiger partial charge on any atom is -0.454 e. The van der Waals surface area contributed by atoms with Crippen LogP contribution in [-0.2, 0) is 10.0 Å². The van der Waals surface area contributed by atoms with Crippen LogP contribution < -0.4 is 19.6 Å². The smallest absolute Gasteiger partial charge is 0.295 e. The Kier molecular flexibility index (Phi) is 6.12. The van der Waals surface area contributed by atoms with E-state index >= 15 is 0 Å². The molecular weight excluding hydrogens is 460 g/mol. The zero-order valence-corrected chi connectivity index (χ0v) is 19.5. The zero-order valence-electron chi connectivity index (χ0n) is 18.7. The monoisotopic (exact) mass is 482 g/mol. The normalized spacial score (nSPS) is 13.0. The fourth-order valence-corrected chi connectivity index (χ4v) is 4.54. The molecule has 3 aromatic carbocycles. The van der Waals surface area contributed by atoms with Gasteiger partial charge in [-0.25, -0.2) is 8.42 Å². The Morgan fingerprint density at radius 2 is 1.74 bits per heavy atom. The molecule has 2 N–H and O–H groups in total. The third-order valence-corrected chi connectivity index (χ3v) is 6.60. The summed E-state index contributed by atoms with van der Waals surface area (Å²) in [6.45, 7) is 5.55. The Morgan fingerprint density at radius 1 is 1.00 bits per heavy atom. The van der Waals surface area contributed by atoms with E-state index in [2.05, 4.69) is 15.2 Å². The molecular formula is C23H22N4O6S. The number of anilines is 2. The maximum atomic E-state index is 12.9. The number of nitro benzene ring substituents is 1. The summed E-state index contributed by atoms with van der Waals surface area (Å²) in [5.41, 5.74) is 5.70. The van der Waals surface area contributed by atoms with Gasteiger partial charge < -0.3 is 9.47 Å². The van der Waals surface area contributed by atoms with Crippen molar-refractivity contribution in [3.05, 3.63) is 81.4 Å². The van der Waals surface area contributed by atoms with Gasteiger partial charge in [0.2, 0.25) is 6.79 Å². The van der Waals surface area contributed by atoms with Crippen molar-refractivity contribution in [2.45, 2.75) is 25.7 Å². The van der Waals surface area contributed by atoms with Crippen LogP contribution in [0.15, 0.2) is 64.6 Å². The number of nitro groups is 1. The molecule has 176 valence electrons. The number of hydrogen-bond donors (Lipinski definition) is 2. The molecule has 1 aliphatic heterocycles. The van der Waals surface area contributed by atoms with Gasteiger partial charge in [-0.3, -0.25) is 20.3 Å². The van der Waals surface area contributed by atoms with E-state index in [1.165, 1.54) is 12.1 Å². The summed E-state index contributed by atoms with van der Waals surface area (Å²) in [7, 11) is -4.05. The number of fused-ring (bicyclic) bond motifs is 1. The zero-order chi connectivity index (χ0) is 24.5. The Labute approximate surface area is 196 Å². The highest BCUT2D eigenvalue weighted by Crippen LogP contribution is 2.33. The first-order chi connectivity index (χ1) is 16.1. The van der Waals surface area contributed by atoms with E-state index in [1.54, 1.807) is 44.2 Å². The second-order valence-electron chi connectivity index (χ2n) is 7.74. The molecule has 0 atom stereocenters. The van der Waals surface area contributed by atoms with Crippen LogP contribution in [0, 0.1) is 24.0 Å². The first-order valence-corrected chi connectivity index (χ1v) is 11.7. The van der Waals surface area contributed by atoms with E-state index in [-0.39, 0.29) is 17.4 Å². The highest BCUT2D eigenvalue weighted by Gasteiger charge is 2.22. The third kappa shape index (κ3) is 4.79. The molecule has 0 saturated carbocycles. The SMILES string of the molecule is C/C(=N\Nc1ccc(S(=O)(=O)Nc2ccc(C)cc2C)cc1[N+](=O)[O-])c1ccc2c(c1)OCO2. The van der Waals surface area contributed by atoms with E-state index in [4.69, 9.17) is 9.47 Å². The molecule has 3 aromatic rings. The molecule has 0 fully saturated rings. The van der Waals surface area contributed by atoms with Gasteiger partial charge >= 0.3 is 0 Å². The summed E-state index contributed by atoms with van der Waals surface area (Å²) in [6, 6.07) is 14.2. The van der Waals surface area contributed by atoms with Gasteiger partial charge in [-0.15, -0.1) is 0 Å². The Balaban J connectivity index is 1.59. The molecule has 0 unspecified atom stereocenters. The van der Waals surface area contributed by atoms with Gasteiger partial charge in [0.25, 0.3) is 15.7 Å². The highest BCUT2D eigenvalue weighted by molar-refractivity contribution is 7.92. The number of sulfonamides is 1. The van der Waals surface area contributed by atoms with Crippen molar-refractivity contribution < 1.29 is 22.8 Å². The largest absolute Gasteiger partial charge is 0.454 e. The first-order valence-electron chi connectivity index (χ1n) is 10.2. The van der Waals surface area contributed by atoms with Crippen molar-refractivity contribution in [2.24, 2.45) is 5.10 Å². The van der Waals surface area contributed by atoms with E-state index in [9.17, 15) is 18.5 Å². The summed E-state index contributed by atoms with van der Waals surface area (Å²) in [6.07, 6.45) is 0. The maximum absolute atomic E-state index is 12.9. The fourth-order valence-electron chi connectivity index (χ4n) is 3.39. The van der Waals surface area contributed by atoms with E-state index in [0.717, 1.165) is 22.8 Å². The molecule has 34 heavy (non-hydrogen) atoms. The van der Waals surface area contributed by atoms with E-state index < -0.39 is 20.6 Å². The first kappa shape index (κ1) is 23.1. The lowest BCUT2D eigenvalue weighted by atomic mass is 10.1. The van der Waals surface area contributed by atoms with Gasteiger partial charge in [0.1, 0.15) is 5.69 Å². The average molecular weight is 483 g/mol. The van der Waals surface area contributed by atoms with Crippen LogP contribution in [0.1, 0.15) is 23.6 Å². The van der Waals surface area contributed by atoms with Crippen molar-refractivity contribution in [3.8, 4) is 11.5 Å². The lowest BCUT2D eigenvalue weighted by Crippen LogP contribution is -2.14. The number of ether oxygens (including phenoxy) is 2. The number of aryl methyl sites for hydroxylation is 2. The van der Waals surface area contributed by atoms with Gasteiger partial charge in [0, 0.05) is 11.6 Å². The molecule has 4 rings (SSSR count). The van der Waals surface area contributed by atoms with Crippen LogP contribution in [0.3, 0.4) is 0 Å². The van der Waals surface area contributed by atoms with E-state index in [0.29, 0.717) is 22.9 Å². The highest BCUT2D eigenvalue weighted by atomic mass is 32.2. The standard InChI is InChI=1S/C23H22N4O6S/c1-14-4-7-19(15(2)10-14)26-34(30,31)18-6-8-20(21(12-18)27(28)29)25-24-16(3)17-5-9-22-23(11-17)33-13-32-22/h4-12,25-26H,13H2,1-3H3/b24-16+. The predicted octanol–water partition coefficient (Wildman–Crippen LogP) is 4.58. The molecule has 10 nitrogen and oxygen atoms in total. The summed E-state index contributed by atoms with van der Waals surface area (Å²) in [4.78, 5) is 10.8. The van der Waals surface area contributed by atoms with Gasteiger partial charge in [0.05, 0.1) is 21.2 Å². The molecule has 1 aliphatic rings. The van der Waals surface area contributed by atoms with Crippen molar-refractivity contribution in [3.63, 3.8) is 0 Å². The van der Waals surface area contributed by atoms with Gasteiger partial charge in [0.15, 0.2) is 11.5 Å². The summed E-state index contributed by atoms with van der Waals surface area (Å²) in [5.74, 6) is 1.22. The summed E-state index contributed by atoms with van der Waals surface area (Å²) < 4.78 is 38.9. The van der Waals surface area contributed by atoms with Crippen LogP contribution in [0.2, 0.25) is 0 Å². The lowest BCUT2D eigenvalue weighted by Gasteiger charge is -2.12. The maximum Gasteiger partial charge on any atom is 0.295 e. The topological polar surface area (TPSA) is 132 Å². The van der Waals surface area contributed by atoms with Gasteiger partial charge in [-0.2, -0.15) is 5.10 Å². The molecule has 11 heteroatoms. The molecule has 0 aliphatic carbocycles. The number of benzene rings is 3. The Bertz CT molecular complexity index is 1420. The van der Waals surface area contributed by atoms with Crippen LogP contribution in [0.5, 0.6) is 11.5 Å². The molecule has 1 heterocycles. The third-order valence-electron chi connectivity index (χ3n) is 5.24. The summed E-state index contributed by atoms with van der Waals surface area (Å²) in [5, 5.41) is 15.9. The van der Waals surface area contributed by atoms with Crippen LogP contribution >= 0.6 is 0 Å². The molecule has 0 amide bonds. The molecule has 0 saturated heterocycles. The quantitative estimate of drug-likeness (QED) is 0.286. The van der Waals surface area contributed by atoms with Gasteiger partial charge in [-0.1, -0.05) is 17.7 Å². The second kappa shape index (κ2) is 9.02. The Morgan fingerprint density at radius 3 is 2.47 bits per heavy atom.